The van der Waals surface area contributed by atoms with Crippen LogP contribution in [0.2, 0.25) is 0 Å². The zero-order valence-electron chi connectivity index (χ0n) is 9.60. The van der Waals surface area contributed by atoms with Gasteiger partial charge in [0.25, 0.3) is 0 Å². The molecule has 0 radical (unpaired) electrons. The van der Waals surface area contributed by atoms with Crippen molar-refractivity contribution < 1.29 is 24.0 Å². The number of phosphoric ester groups is 1. The van der Waals surface area contributed by atoms with E-state index in [2.05, 4.69) is 10.3 Å². The van der Waals surface area contributed by atoms with E-state index in [1.54, 1.807) is 20.8 Å². The molecule has 7 heteroatoms. The van der Waals surface area contributed by atoms with Crippen LogP contribution in [0.5, 0.6) is 0 Å². The molecule has 0 bridgehead atoms. The van der Waals surface area contributed by atoms with Crippen LogP contribution >= 0.6 is 7.82 Å². The van der Waals surface area contributed by atoms with Crippen LogP contribution in [0.1, 0.15) is 20.8 Å². The number of aliphatic hydroxyl groups excluding tert-OH is 1. The standard InChI is InChI=1S/C9H18NO5P/c1-7(2)4-8(3)9(10,5-11)6-15-16(12,13)14/h11H,5-6,10H2,1-3H3,(H2,12,13,14). The first kappa shape index (κ1) is 15.6. The number of aliphatic hydroxyl groups is 1. The van der Waals surface area contributed by atoms with Gasteiger partial charge in [0.1, 0.15) is 0 Å². The number of rotatable bonds is 5. The van der Waals surface area contributed by atoms with E-state index in [1.807, 2.05) is 0 Å². The summed E-state index contributed by atoms with van der Waals surface area (Å²) in [6, 6.07) is 0. The number of phosphoric acid groups is 1. The van der Waals surface area contributed by atoms with Crippen molar-refractivity contribution in [1.82, 2.24) is 0 Å². The Morgan fingerprint density at radius 3 is 2.25 bits per heavy atom. The van der Waals surface area contributed by atoms with Gasteiger partial charge < -0.3 is 20.6 Å². The lowest BCUT2D eigenvalue weighted by molar-refractivity contribution is 0.125. The summed E-state index contributed by atoms with van der Waals surface area (Å²) in [5.41, 5.74) is 8.64. The highest BCUT2D eigenvalue weighted by atomic mass is 31.2. The van der Waals surface area contributed by atoms with Gasteiger partial charge in [0.2, 0.25) is 0 Å². The molecule has 0 fully saturated rings. The second-order valence-electron chi connectivity index (χ2n) is 3.83. The Labute approximate surface area is 94.7 Å². The highest BCUT2D eigenvalue weighted by Crippen LogP contribution is 2.37. The quantitative estimate of drug-likeness (QED) is 0.413. The minimum Gasteiger partial charge on any atom is -0.394 e. The highest BCUT2D eigenvalue weighted by molar-refractivity contribution is 7.46. The molecule has 6 nitrogen and oxygen atoms in total. The van der Waals surface area contributed by atoms with E-state index < -0.39 is 26.6 Å². The summed E-state index contributed by atoms with van der Waals surface area (Å²) in [4.78, 5) is 17.1. The van der Waals surface area contributed by atoms with E-state index in [9.17, 15) is 4.57 Å². The zero-order chi connectivity index (χ0) is 13.0. The molecule has 0 amide bonds. The van der Waals surface area contributed by atoms with Crippen LogP contribution in [0.25, 0.3) is 0 Å². The Hall–Kier alpha value is -0.450. The Balaban J connectivity index is 4.94. The molecule has 0 aliphatic rings. The molecule has 94 valence electrons. The minimum atomic E-state index is -4.59. The van der Waals surface area contributed by atoms with Gasteiger partial charge in [-0.15, -0.1) is 5.73 Å². The van der Waals surface area contributed by atoms with Gasteiger partial charge in [-0.3, -0.25) is 4.52 Å². The van der Waals surface area contributed by atoms with Gasteiger partial charge in [-0.25, -0.2) is 4.57 Å². The minimum absolute atomic E-state index is 0.472. The van der Waals surface area contributed by atoms with Crippen molar-refractivity contribution in [2.24, 2.45) is 5.73 Å². The fraction of sp³-hybridized carbons (Fsp3) is 0.667. The van der Waals surface area contributed by atoms with Gasteiger partial charge in [0.15, 0.2) is 0 Å². The SMILES string of the molecule is CC(C)=C=C(C)C(N)(CO)COP(=O)(O)O. The van der Waals surface area contributed by atoms with E-state index in [0.717, 1.165) is 5.57 Å². The maximum atomic E-state index is 10.5. The van der Waals surface area contributed by atoms with Gasteiger partial charge in [0, 0.05) is 0 Å². The van der Waals surface area contributed by atoms with Crippen molar-refractivity contribution in [3.63, 3.8) is 0 Å². The predicted molar refractivity (Wildman–Crippen MR) is 59.6 cm³/mol. The van der Waals surface area contributed by atoms with E-state index in [1.165, 1.54) is 0 Å². The van der Waals surface area contributed by atoms with Gasteiger partial charge in [-0.05, 0) is 31.9 Å². The summed E-state index contributed by atoms with van der Waals surface area (Å²) in [6.07, 6.45) is 0. The van der Waals surface area contributed by atoms with Gasteiger partial charge in [0.05, 0.1) is 18.8 Å². The highest BCUT2D eigenvalue weighted by Gasteiger charge is 2.30. The molecule has 0 aliphatic heterocycles. The van der Waals surface area contributed by atoms with Crippen LogP contribution < -0.4 is 5.73 Å². The average Bonchev–Trinajstić information content (AvgIpc) is 2.12. The van der Waals surface area contributed by atoms with Crippen LogP contribution in [0, 0.1) is 0 Å². The Bertz CT molecular complexity index is 351. The molecule has 16 heavy (non-hydrogen) atoms. The number of nitrogens with two attached hydrogens (primary N) is 1. The third-order valence-electron chi connectivity index (χ3n) is 1.96. The molecule has 5 N–H and O–H groups in total. The van der Waals surface area contributed by atoms with Crippen LogP contribution in [0.4, 0.5) is 0 Å². The molecular formula is C9H18NO5P. The normalized spacial score (nSPS) is 15.2. The number of hydrogen-bond acceptors (Lipinski definition) is 4. The summed E-state index contributed by atoms with van der Waals surface area (Å²) >= 11 is 0. The molecule has 0 aromatic carbocycles. The average molecular weight is 251 g/mol. The molecule has 0 aromatic heterocycles. The molecule has 1 atom stereocenters. The van der Waals surface area contributed by atoms with Crippen molar-refractivity contribution in [2.75, 3.05) is 13.2 Å². The van der Waals surface area contributed by atoms with Crippen molar-refractivity contribution >= 4 is 7.82 Å². The fourth-order valence-electron chi connectivity index (χ4n) is 0.971. The molecule has 0 saturated heterocycles. The van der Waals surface area contributed by atoms with Gasteiger partial charge >= 0.3 is 7.82 Å². The second-order valence-corrected chi connectivity index (χ2v) is 5.07. The lowest BCUT2D eigenvalue weighted by atomic mass is 9.94. The Kier molecular flexibility index (Phi) is 5.59. The smallest absolute Gasteiger partial charge is 0.394 e. The summed E-state index contributed by atoms with van der Waals surface area (Å²) in [7, 11) is -4.59. The Morgan fingerprint density at radius 1 is 1.44 bits per heavy atom. The Morgan fingerprint density at radius 2 is 1.94 bits per heavy atom. The van der Waals surface area contributed by atoms with E-state index in [4.69, 9.17) is 20.6 Å². The third kappa shape index (κ3) is 5.58. The molecule has 0 aliphatic carbocycles. The lowest BCUT2D eigenvalue weighted by Gasteiger charge is -2.26. The first-order chi connectivity index (χ1) is 7.10. The van der Waals surface area contributed by atoms with Crippen LogP contribution in [-0.4, -0.2) is 33.6 Å². The molecule has 0 rings (SSSR count). The predicted octanol–water partition coefficient (Wildman–Crippen LogP) is 0.297. The molecule has 0 spiro atoms. The van der Waals surface area contributed by atoms with Crippen LogP contribution in [0.3, 0.4) is 0 Å². The number of hydrogen-bond donors (Lipinski definition) is 4. The van der Waals surface area contributed by atoms with Crippen molar-refractivity contribution in [3.8, 4) is 0 Å². The molecule has 0 saturated carbocycles. The monoisotopic (exact) mass is 251 g/mol. The summed E-state index contributed by atoms with van der Waals surface area (Å²) in [6.45, 7) is 4.25. The van der Waals surface area contributed by atoms with Crippen LogP contribution in [-0.2, 0) is 9.09 Å². The molecule has 0 heterocycles. The molecule has 0 aromatic rings. The van der Waals surface area contributed by atoms with Gasteiger partial charge in [-0.1, -0.05) is 0 Å². The molecular weight excluding hydrogens is 233 g/mol. The summed E-state index contributed by atoms with van der Waals surface area (Å²) in [5.74, 6) is 0. The largest absolute Gasteiger partial charge is 0.469 e. The van der Waals surface area contributed by atoms with Crippen molar-refractivity contribution in [3.05, 3.63) is 16.9 Å². The topological polar surface area (TPSA) is 113 Å². The maximum Gasteiger partial charge on any atom is 0.469 e. The van der Waals surface area contributed by atoms with E-state index in [-0.39, 0.29) is 0 Å². The molecule has 1 unspecified atom stereocenters. The third-order valence-corrected chi connectivity index (χ3v) is 2.42. The van der Waals surface area contributed by atoms with Crippen molar-refractivity contribution in [1.29, 1.82) is 0 Å². The first-order valence-electron chi connectivity index (χ1n) is 4.62. The first-order valence-corrected chi connectivity index (χ1v) is 6.15. The van der Waals surface area contributed by atoms with Crippen LogP contribution in [0.15, 0.2) is 16.9 Å². The fourth-order valence-corrected chi connectivity index (χ4v) is 1.37. The maximum absolute atomic E-state index is 10.5. The summed E-state index contributed by atoms with van der Waals surface area (Å²) < 4.78 is 14.8. The van der Waals surface area contributed by atoms with E-state index in [0.29, 0.717) is 5.57 Å². The summed E-state index contributed by atoms with van der Waals surface area (Å²) in [5, 5.41) is 9.14. The van der Waals surface area contributed by atoms with Gasteiger partial charge in [-0.2, -0.15) is 0 Å². The lowest BCUT2D eigenvalue weighted by Crippen LogP contribution is -2.48. The van der Waals surface area contributed by atoms with E-state index >= 15 is 0 Å². The zero-order valence-corrected chi connectivity index (χ0v) is 10.5. The second kappa shape index (κ2) is 5.75. The van der Waals surface area contributed by atoms with Crippen molar-refractivity contribution in [2.45, 2.75) is 26.3 Å².